The molecular formula is C25H25F3O2. The van der Waals surface area contributed by atoms with E-state index in [0.717, 1.165) is 31.2 Å². The Hall–Kier alpha value is -2.95. The van der Waals surface area contributed by atoms with Crippen molar-refractivity contribution in [1.82, 2.24) is 0 Å². The Balaban J connectivity index is 1.65. The van der Waals surface area contributed by atoms with Crippen molar-refractivity contribution in [3.63, 3.8) is 0 Å². The molecule has 0 unspecified atom stereocenters. The molecule has 0 radical (unpaired) electrons. The molecule has 0 heterocycles. The molecule has 3 aromatic rings. The topological polar surface area (TPSA) is 18.5 Å². The summed E-state index contributed by atoms with van der Waals surface area (Å²) in [6.07, 6.45) is 4.19. The van der Waals surface area contributed by atoms with Crippen LogP contribution in [0.3, 0.4) is 0 Å². The highest BCUT2D eigenvalue weighted by atomic mass is 19.2. The largest absolute Gasteiger partial charge is 0.494 e. The van der Waals surface area contributed by atoms with Gasteiger partial charge in [0.2, 0.25) is 5.82 Å². The van der Waals surface area contributed by atoms with Gasteiger partial charge in [0.25, 0.3) is 0 Å². The van der Waals surface area contributed by atoms with Crippen LogP contribution in [-0.2, 0) is 13.0 Å². The summed E-state index contributed by atoms with van der Waals surface area (Å²) in [5.41, 5.74) is 2.10. The second-order valence-electron chi connectivity index (χ2n) is 7.14. The number of halogens is 3. The van der Waals surface area contributed by atoms with Crippen LogP contribution in [0.15, 0.2) is 54.6 Å². The van der Waals surface area contributed by atoms with E-state index in [9.17, 15) is 13.2 Å². The second-order valence-corrected chi connectivity index (χ2v) is 7.14. The molecule has 0 N–H and O–H groups in total. The number of unbranched alkanes of at least 4 members (excludes halogenated alkanes) is 2. The zero-order valence-electron chi connectivity index (χ0n) is 17.2. The maximum Gasteiger partial charge on any atom is 0.201 e. The molecular weight excluding hydrogens is 389 g/mol. The van der Waals surface area contributed by atoms with Gasteiger partial charge in [-0.1, -0.05) is 44.0 Å². The fourth-order valence-electron chi connectivity index (χ4n) is 3.25. The molecule has 0 aromatic heterocycles. The number of benzene rings is 3. The SMILES string of the molecule is CCCCCc1ccc(COc2ccc(-c3ccc(OC)c(F)c3F)cc2)c(F)c1. The molecule has 0 bridgehead atoms. The lowest BCUT2D eigenvalue weighted by molar-refractivity contribution is 0.300. The van der Waals surface area contributed by atoms with Crippen LogP contribution >= 0.6 is 0 Å². The van der Waals surface area contributed by atoms with Crippen LogP contribution in [0.25, 0.3) is 11.1 Å². The predicted molar refractivity (Wildman–Crippen MR) is 112 cm³/mol. The highest BCUT2D eigenvalue weighted by molar-refractivity contribution is 5.66. The Labute approximate surface area is 175 Å². The second kappa shape index (κ2) is 10.2. The number of methoxy groups -OCH3 is 1. The summed E-state index contributed by atoms with van der Waals surface area (Å²) in [5.74, 6) is -1.90. The normalized spacial score (nSPS) is 10.8. The molecule has 0 aliphatic heterocycles. The summed E-state index contributed by atoms with van der Waals surface area (Å²) in [4.78, 5) is 0. The van der Waals surface area contributed by atoms with Crippen LogP contribution < -0.4 is 9.47 Å². The van der Waals surface area contributed by atoms with Gasteiger partial charge >= 0.3 is 0 Å². The molecule has 158 valence electrons. The van der Waals surface area contributed by atoms with Crippen molar-refractivity contribution < 1.29 is 22.6 Å². The summed E-state index contributed by atoms with van der Waals surface area (Å²) in [5, 5.41) is 0. The van der Waals surface area contributed by atoms with Crippen LogP contribution in [0.4, 0.5) is 13.2 Å². The van der Waals surface area contributed by atoms with E-state index in [2.05, 4.69) is 6.92 Å². The minimum absolute atomic E-state index is 0.0892. The predicted octanol–water partition coefficient (Wildman–Crippen LogP) is 7.09. The van der Waals surface area contributed by atoms with Gasteiger partial charge in [0.15, 0.2) is 11.6 Å². The van der Waals surface area contributed by atoms with Gasteiger partial charge in [0, 0.05) is 11.1 Å². The standard InChI is InChI=1S/C25H25F3O2/c1-3-4-5-6-17-7-8-19(22(26)15-17)16-30-20-11-9-18(10-12-20)21-13-14-23(29-2)25(28)24(21)27/h7-15H,3-6,16H2,1-2H3. The minimum Gasteiger partial charge on any atom is -0.494 e. The summed E-state index contributed by atoms with van der Waals surface area (Å²) in [7, 11) is 1.28. The first-order valence-corrected chi connectivity index (χ1v) is 10.1. The maximum absolute atomic E-state index is 14.3. The van der Waals surface area contributed by atoms with Crippen LogP contribution in [0.1, 0.15) is 37.3 Å². The highest BCUT2D eigenvalue weighted by Gasteiger charge is 2.15. The number of hydrogen-bond acceptors (Lipinski definition) is 2. The summed E-state index contributed by atoms with van der Waals surface area (Å²) < 4.78 is 53.0. The summed E-state index contributed by atoms with van der Waals surface area (Å²) in [6.45, 7) is 2.23. The first kappa shape index (κ1) is 21.8. The van der Waals surface area contributed by atoms with Crippen molar-refractivity contribution in [2.45, 2.75) is 39.2 Å². The number of aryl methyl sites for hydroxylation is 1. The Kier molecular flexibility index (Phi) is 7.39. The molecule has 0 amide bonds. The molecule has 30 heavy (non-hydrogen) atoms. The average molecular weight is 414 g/mol. The van der Waals surface area contributed by atoms with E-state index in [1.54, 1.807) is 36.4 Å². The molecule has 0 aliphatic carbocycles. The van der Waals surface area contributed by atoms with Gasteiger partial charge < -0.3 is 9.47 Å². The van der Waals surface area contributed by atoms with Crippen molar-refractivity contribution in [3.05, 3.63) is 83.2 Å². The van der Waals surface area contributed by atoms with E-state index in [1.807, 2.05) is 6.07 Å². The molecule has 0 aliphatic rings. The van der Waals surface area contributed by atoms with E-state index in [1.165, 1.54) is 19.2 Å². The van der Waals surface area contributed by atoms with Gasteiger partial charge in [-0.05, 0) is 54.3 Å². The summed E-state index contributed by atoms with van der Waals surface area (Å²) >= 11 is 0. The third-order valence-electron chi connectivity index (χ3n) is 5.01. The first-order chi connectivity index (χ1) is 14.5. The van der Waals surface area contributed by atoms with Crippen LogP contribution in [0, 0.1) is 17.5 Å². The Morgan fingerprint density at radius 2 is 1.60 bits per heavy atom. The van der Waals surface area contributed by atoms with E-state index >= 15 is 0 Å². The third kappa shape index (κ3) is 5.15. The highest BCUT2D eigenvalue weighted by Crippen LogP contribution is 2.30. The maximum atomic E-state index is 14.3. The Bertz CT molecular complexity index is 984. The molecule has 0 spiro atoms. The van der Waals surface area contributed by atoms with Crippen molar-refractivity contribution in [2.75, 3.05) is 7.11 Å². The van der Waals surface area contributed by atoms with E-state index in [4.69, 9.17) is 9.47 Å². The van der Waals surface area contributed by atoms with Gasteiger partial charge in [0.05, 0.1) is 7.11 Å². The lowest BCUT2D eigenvalue weighted by Gasteiger charge is -2.11. The van der Waals surface area contributed by atoms with Crippen molar-refractivity contribution in [1.29, 1.82) is 0 Å². The van der Waals surface area contributed by atoms with Gasteiger partial charge in [-0.15, -0.1) is 0 Å². The molecule has 0 atom stereocenters. The lowest BCUT2D eigenvalue weighted by atomic mass is 10.0. The zero-order chi connectivity index (χ0) is 21.5. The van der Waals surface area contributed by atoms with Crippen LogP contribution in [-0.4, -0.2) is 7.11 Å². The van der Waals surface area contributed by atoms with Crippen molar-refractivity contribution >= 4 is 0 Å². The fraction of sp³-hybridized carbons (Fsp3) is 0.280. The third-order valence-corrected chi connectivity index (χ3v) is 5.01. The van der Waals surface area contributed by atoms with E-state index < -0.39 is 11.6 Å². The molecule has 3 aromatic carbocycles. The number of ether oxygens (including phenoxy) is 2. The van der Waals surface area contributed by atoms with Gasteiger partial charge in [-0.2, -0.15) is 4.39 Å². The van der Waals surface area contributed by atoms with Gasteiger partial charge in [-0.3, -0.25) is 0 Å². The first-order valence-electron chi connectivity index (χ1n) is 10.1. The smallest absolute Gasteiger partial charge is 0.201 e. The van der Waals surface area contributed by atoms with Gasteiger partial charge in [-0.25, -0.2) is 8.78 Å². The molecule has 0 fully saturated rings. The van der Waals surface area contributed by atoms with E-state index in [0.29, 0.717) is 16.9 Å². The zero-order valence-corrected chi connectivity index (χ0v) is 17.2. The number of hydrogen-bond donors (Lipinski definition) is 0. The van der Waals surface area contributed by atoms with E-state index in [-0.39, 0.29) is 23.7 Å². The van der Waals surface area contributed by atoms with Crippen molar-refractivity contribution in [3.8, 4) is 22.6 Å². The number of rotatable bonds is 9. The molecule has 3 rings (SSSR count). The summed E-state index contributed by atoms with van der Waals surface area (Å²) in [6, 6.07) is 14.7. The van der Waals surface area contributed by atoms with Crippen molar-refractivity contribution in [2.24, 2.45) is 0 Å². The Morgan fingerprint density at radius 3 is 2.27 bits per heavy atom. The van der Waals surface area contributed by atoms with Crippen LogP contribution in [0.2, 0.25) is 0 Å². The monoisotopic (exact) mass is 414 g/mol. The molecule has 5 heteroatoms. The molecule has 0 saturated heterocycles. The quantitative estimate of drug-likeness (QED) is 0.348. The molecule has 0 saturated carbocycles. The minimum atomic E-state index is -1.02. The Morgan fingerprint density at radius 1 is 0.833 bits per heavy atom. The fourth-order valence-corrected chi connectivity index (χ4v) is 3.25. The molecule has 2 nitrogen and oxygen atoms in total. The van der Waals surface area contributed by atoms with Crippen LogP contribution in [0.5, 0.6) is 11.5 Å². The lowest BCUT2D eigenvalue weighted by Crippen LogP contribution is -2.00. The van der Waals surface area contributed by atoms with Gasteiger partial charge in [0.1, 0.15) is 18.2 Å². The average Bonchev–Trinajstić information content (AvgIpc) is 2.76.